The lowest BCUT2D eigenvalue weighted by molar-refractivity contribution is -0.145. The summed E-state index contributed by atoms with van der Waals surface area (Å²) in [6.45, 7) is 1.88. The van der Waals surface area contributed by atoms with E-state index in [1.165, 1.54) is 4.57 Å². The minimum atomic E-state index is -0.577. The highest BCUT2D eigenvalue weighted by atomic mass is 35.5. The third-order valence-electron chi connectivity index (χ3n) is 4.54. The zero-order valence-corrected chi connectivity index (χ0v) is 17.8. The number of carbonyl (C=O) groups is 1. The van der Waals surface area contributed by atoms with Crippen LogP contribution in [0.1, 0.15) is 17.8 Å². The monoisotopic (exact) mass is 454 g/mol. The molecule has 4 aromatic rings. The molecule has 3 N–H and O–H groups in total. The summed E-state index contributed by atoms with van der Waals surface area (Å²) in [5.41, 5.74) is 8.54. The fourth-order valence-electron chi connectivity index (χ4n) is 3.00. The third-order valence-corrected chi connectivity index (χ3v) is 4.77. The molecule has 32 heavy (non-hydrogen) atoms. The van der Waals surface area contributed by atoms with E-state index in [9.17, 15) is 9.59 Å². The largest absolute Gasteiger partial charge is 0.457 e. The maximum absolute atomic E-state index is 12.2. The molecule has 0 aliphatic rings. The van der Waals surface area contributed by atoms with Gasteiger partial charge in [0, 0.05) is 23.3 Å². The number of aryl methyl sites for hydroxylation is 2. The predicted octanol–water partition coefficient (Wildman–Crippen LogP) is 3.20. The zero-order valence-electron chi connectivity index (χ0n) is 17.0. The summed E-state index contributed by atoms with van der Waals surface area (Å²) in [6, 6.07) is 12.5. The number of carbonyl (C=O) groups excluding carboxylic acids is 1. The summed E-state index contributed by atoms with van der Waals surface area (Å²) < 4.78 is 11.7. The smallest absolute Gasteiger partial charge is 0.419 e. The molecule has 0 fully saturated rings. The van der Waals surface area contributed by atoms with E-state index in [1.54, 1.807) is 18.2 Å². The predicted molar refractivity (Wildman–Crippen MR) is 119 cm³/mol. The first-order valence-electron chi connectivity index (χ1n) is 9.66. The average molecular weight is 455 g/mol. The fraction of sp³-hybridized carbons (Fsp3) is 0.190. The summed E-state index contributed by atoms with van der Waals surface area (Å²) in [5.74, 6) is -0.682. The van der Waals surface area contributed by atoms with Gasteiger partial charge in [0.05, 0.1) is 11.9 Å². The van der Waals surface area contributed by atoms with Crippen molar-refractivity contribution < 1.29 is 13.9 Å². The molecule has 0 spiro atoms. The van der Waals surface area contributed by atoms with Crippen LogP contribution < -0.4 is 16.8 Å². The minimum absolute atomic E-state index is 0.00394. The van der Waals surface area contributed by atoms with Crippen molar-refractivity contribution in [2.75, 3.05) is 11.1 Å². The molecule has 0 radical (unpaired) electrons. The second-order valence-corrected chi connectivity index (χ2v) is 7.40. The van der Waals surface area contributed by atoms with Gasteiger partial charge < -0.3 is 20.2 Å². The van der Waals surface area contributed by atoms with Gasteiger partial charge >= 0.3 is 11.7 Å². The zero-order chi connectivity index (χ0) is 22.7. The quantitative estimate of drug-likeness (QED) is 0.403. The number of hydrogen-bond donors (Lipinski definition) is 2. The highest BCUT2D eigenvalue weighted by Gasteiger charge is 2.13. The molecule has 10 nitrogen and oxygen atoms in total. The molecule has 164 valence electrons. The van der Waals surface area contributed by atoms with Crippen molar-refractivity contribution in [2.24, 2.45) is 0 Å². The van der Waals surface area contributed by atoms with Crippen LogP contribution in [0, 0.1) is 6.92 Å². The maximum atomic E-state index is 12.2. The highest BCUT2D eigenvalue weighted by molar-refractivity contribution is 6.31. The summed E-state index contributed by atoms with van der Waals surface area (Å²) in [4.78, 5) is 36.5. The first kappa shape index (κ1) is 21.3. The van der Waals surface area contributed by atoms with E-state index < -0.39 is 11.7 Å². The number of ether oxygens (including phenoxy) is 1. The highest BCUT2D eigenvalue weighted by Crippen LogP contribution is 2.19. The van der Waals surface area contributed by atoms with Gasteiger partial charge in [0.1, 0.15) is 0 Å². The van der Waals surface area contributed by atoms with Gasteiger partial charge in [0.15, 0.2) is 18.0 Å². The van der Waals surface area contributed by atoms with Crippen LogP contribution in [0.5, 0.6) is 0 Å². The van der Waals surface area contributed by atoms with Crippen molar-refractivity contribution in [3.8, 4) is 0 Å². The van der Waals surface area contributed by atoms with Crippen molar-refractivity contribution in [2.45, 2.75) is 26.5 Å². The van der Waals surface area contributed by atoms with Gasteiger partial charge in [0.2, 0.25) is 11.9 Å². The van der Waals surface area contributed by atoms with Crippen LogP contribution in [-0.2, 0) is 22.7 Å². The first-order valence-corrected chi connectivity index (χ1v) is 10.0. The van der Waals surface area contributed by atoms with Crippen LogP contribution in [0.25, 0.3) is 11.1 Å². The van der Waals surface area contributed by atoms with Crippen LogP contribution in [0.3, 0.4) is 0 Å². The Hall–Kier alpha value is -3.92. The number of nitrogens with one attached hydrogen (secondary N) is 1. The van der Waals surface area contributed by atoms with Gasteiger partial charge in [0.25, 0.3) is 0 Å². The van der Waals surface area contributed by atoms with Crippen LogP contribution in [0.2, 0.25) is 5.02 Å². The van der Waals surface area contributed by atoms with Gasteiger partial charge in [-0.05, 0) is 31.2 Å². The molecule has 0 aliphatic carbocycles. The average Bonchev–Trinajstić information content (AvgIpc) is 3.06. The number of esters is 1. The van der Waals surface area contributed by atoms with Crippen molar-refractivity contribution in [1.29, 1.82) is 0 Å². The van der Waals surface area contributed by atoms with Crippen molar-refractivity contribution >= 4 is 46.3 Å². The Morgan fingerprint density at radius 1 is 1.19 bits per heavy atom. The Kier molecular flexibility index (Phi) is 6.04. The SMILES string of the molecule is Cc1ccc(Nc2nc(N)nc(COC(=O)CCn3c(=O)oc4cc(Cl)ccc43)n2)cc1. The fourth-order valence-corrected chi connectivity index (χ4v) is 3.16. The van der Waals surface area contributed by atoms with Crippen LogP contribution in [-0.4, -0.2) is 25.5 Å². The molecule has 2 heterocycles. The minimum Gasteiger partial charge on any atom is -0.457 e. The summed E-state index contributed by atoms with van der Waals surface area (Å²) in [6.07, 6.45) is -0.0494. The molecule has 0 saturated carbocycles. The number of anilines is 3. The first-order chi connectivity index (χ1) is 15.4. The van der Waals surface area contributed by atoms with Crippen molar-refractivity contribution in [3.05, 3.63) is 69.4 Å². The van der Waals surface area contributed by atoms with Crippen molar-refractivity contribution in [1.82, 2.24) is 19.5 Å². The standard InChI is InChI=1S/C21H19ClN6O4/c1-12-2-5-14(6-3-12)24-20-26-17(25-19(23)27-20)11-31-18(29)8-9-28-15-7-4-13(22)10-16(15)32-21(28)30/h2-7,10H,8-9,11H2,1H3,(H3,23,24,25,26,27). The molecule has 0 aliphatic heterocycles. The summed E-state index contributed by atoms with van der Waals surface area (Å²) >= 11 is 5.91. The molecule has 4 rings (SSSR count). The van der Waals surface area contributed by atoms with E-state index in [2.05, 4.69) is 20.3 Å². The molecule has 2 aromatic carbocycles. The topological polar surface area (TPSA) is 138 Å². The molecule has 0 bridgehead atoms. The Balaban J connectivity index is 1.37. The van der Waals surface area contributed by atoms with Gasteiger partial charge in [-0.15, -0.1) is 0 Å². The normalized spacial score (nSPS) is 10.9. The van der Waals surface area contributed by atoms with E-state index in [-0.39, 0.29) is 37.3 Å². The molecular weight excluding hydrogens is 436 g/mol. The number of rotatable bonds is 7. The number of benzene rings is 2. The Morgan fingerprint density at radius 2 is 1.97 bits per heavy atom. The van der Waals surface area contributed by atoms with Crippen LogP contribution in [0.15, 0.2) is 51.7 Å². The van der Waals surface area contributed by atoms with E-state index in [4.69, 9.17) is 26.5 Å². The van der Waals surface area contributed by atoms with E-state index >= 15 is 0 Å². The molecule has 0 amide bonds. The molecular formula is C21H19ClN6O4. The number of hydrogen-bond acceptors (Lipinski definition) is 9. The third kappa shape index (κ3) is 5.03. The summed E-state index contributed by atoms with van der Waals surface area (Å²) in [7, 11) is 0. The number of fused-ring (bicyclic) bond motifs is 1. The molecule has 2 aromatic heterocycles. The summed E-state index contributed by atoms with van der Waals surface area (Å²) in [5, 5.41) is 3.48. The number of nitrogen functional groups attached to an aromatic ring is 1. The van der Waals surface area contributed by atoms with Gasteiger partial charge in [-0.1, -0.05) is 29.3 Å². The second-order valence-electron chi connectivity index (χ2n) is 6.97. The van der Waals surface area contributed by atoms with E-state index in [0.29, 0.717) is 16.1 Å². The van der Waals surface area contributed by atoms with E-state index in [1.807, 2.05) is 31.2 Å². The van der Waals surface area contributed by atoms with Crippen LogP contribution in [0.4, 0.5) is 17.6 Å². The van der Waals surface area contributed by atoms with Crippen LogP contribution >= 0.6 is 11.6 Å². The maximum Gasteiger partial charge on any atom is 0.419 e. The second kappa shape index (κ2) is 9.06. The number of halogens is 1. The molecule has 0 unspecified atom stereocenters. The lowest BCUT2D eigenvalue weighted by Crippen LogP contribution is -2.18. The Bertz CT molecular complexity index is 1330. The lowest BCUT2D eigenvalue weighted by Gasteiger charge is -2.08. The number of nitrogens with two attached hydrogens (primary N) is 1. The van der Waals surface area contributed by atoms with Gasteiger partial charge in [-0.2, -0.15) is 15.0 Å². The Morgan fingerprint density at radius 3 is 2.75 bits per heavy atom. The lowest BCUT2D eigenvalue weighted by atomic mass is 10.2. The molecule has 0 saturated heterocycles. The number of nitrogens with zero attached hydrogens (tertiary/aromatic N) is 4. The molecule has 0 atom stereocenters. The number of aromatic nitrogens is 4. The van der Waals surface area contributed by atoms with Crippen molar-refractivity contribution in [3.63, 3.8) is 0 Å². The molecule has 11 heteroatoms. The Labute approximate surface area is 187 Å². The van der Waals surface area contributed by atoms with Gasteiger partial charge in [-0.25, -0.2) is 4.79 Å². The number of oxazole rings is 1. The van der Waals surface area contributed by atoms with Gasteiger partial charge in [-0.3, -0.25) is 9.36 Å². The van der Waals surface area contributed by atoms with E-state index in [0.717, 1.165) is 11.3 Å².